The fraction of sp³-hybridized carbons (Fsp3) is 0.100. The van der Waals surface area contributed by atoms with Crippen molar-refractivity contribution in [2.75, 3.05) is 0 Å². The van der Waals surface area contributed by atoms with Gasteiger partial charge >= 0.3 is 0 Å². The molecule has 0 atom stereocenters. The standard InChI is InChI=1S/C10H7NS/c1-2-4-9-5-3-6-10(11-9)7-8-12/h3,5-6,12H,1H3. The molecule has 0 unspecified atom stereocenters. The van der Waals surface area contributed by atoms with E-state index in [-0.39, 0.29) is 0 Å². The second kappa shape index (κ2) is 4.49. The van der Waals surface area contributed by atoms with E-state index in [1.807, 2.05) is 18.2 Å². The number of hydrogen-bond acceptors (Lipinski definition) is 2. The van der Waals surface area contributed by atoms with Crippen molar-refractivity contribution in [1.82, 2.24) is 4.98 Å². The summed E-state index contributed by atoms with van der Waals surface area (Å²) in [4.78, 5) is 4.16. The number of rotatable bonds is 0. The van der Waals surface area contributed by atoms with Gasteiger partial charge in [0.05, 0.1) is 0 Å². The summed E-state index contributed by atoms with van der Waals surface area (Å²) in [5.74, 6) is 8.37. The third-order valence-electron chi connectivity index (χ3n) is 1.19. The van der Waals surface area contributed by atoms with Crippen molar-refractivity contribution in [2.24, 2.45) is 0 Å². The van der Waals surface area contributed by atoms with Crippen LogP contribution in [0.4, 0.5) is 0 Å². The van der Waals surface area contributed by atoms with Crippen molar-refractivity contribution in [3.63, 3.8) is 0 Å². The van der Waals surface area contributed by atoms with E-state index in [0.717, 1.165) is 5.69 Å². The topological polar surface area (TPSA) is 12.9 Å². The summed E-state index contributed by atoms with van der Waals surface area (Å²) < 4.78 is 0. The summed E-state index contributed by atoms with van der Waals surface area (Å²) in [5.41, 5.74) is 1.44. The van der Waals surface area contributed by atoms with Crippen LogP contribution >= 0.6 is 12.6 Å². The van der Waals surface area contributed by atoms with E-state index in [1.165, 1.54) is 0 Å². The van der Waals surface area contributed by atoms with Crippen molar-refractivity contribution in [2.45, 2.75) is 6.92 Å². The van der Waals surface area contributed by atoms with Crippen molar-refractivity contribution in [1.29, 1.82) is 0 Å². The highest BCUT2D eigenvalue weighted by Crippen LogP contribution is 1.96. The van der Waals surface area contributed by atoms with Gasteiger partial charge < -0.3 is 0 Å². The summed E-state index contributed by atoms with van der Waals surface area (Å²) >= 11 is 3.78. The molecule has 0 spiro atoms. The molecule has 0 saturated heterocycles. The maximum atomic E-state index is 4.16. The van der Waals surface area contributed by atoms with Crippen LogP contribution in [0.5, 0.6) is 0 Å². The molecule has 0 fully saturated rings. The highest BCUT2D eigenvalue weighted by atomic mass is 32.1. The first-order valence-corrected chi connectivity index (χ1v) is 3.86. The van der Waals surface area contributed by atoms with Crippen LogP contribution in [0.25, 0.3) is 0 Å². The molecule has 0 aliphatic carbocycles. The first-order chi connectivity index (χ1) is 5.86. The molecule has 2 heteroatoms. The SMILES string of the molecule is CC#Cc1cccc(C#CS)n1. The van der Waals surface area contributed by atoms with Crippen LogP contribution < -0.4 is 0 Å². The molecule has 0 bridgehead atoms. The van der Waals surface area contributed by atoms with E-state index in [2.05, 4.69) is 40.6 Å². The first kappa shape index (κ1) is 8.71. The van der Waals surface area contributed by atoms with Gasteiger partial charge in [0.1, 0.15) is 11.4 Å². The van der Waals surface area contributed by atoms with Gasteiger partial charge in [-0.3, -0.25) is 0 Å². The molecule has 0 N–H and O–H groups in total. The molecule has 0 aliphatic rings. The Morgan fingerprint density at radius 3 is 2.50 bits per heavy atom. The zero-order valence-electron chi connectivity index (χ0n) is 6.63. The monoisotopic (exact) mass is 173 g/mol. The average molecular weight is 173 g/mol. The number of hydrogen-bond donors (Lipinski definition) is 1. The van der Waals surface area contributed by atoms with Gasteiger partial charge in [-0.15, -0.1) is 0 Å². The summed E-state index contributed by atoms with van der Waals surface area (Å²) in [6, 6.07) is 5.55. The van der Waals surface area contributed by atoms with Crippen LogP contribution in [-0.4, -0.2) is 4.98 Å². The molecular formula is C10H7NS. The van der Waals surface area contributed by atoms with Crippen LogP contribution in [-0.2, 0) is 0 Å². The van der Waals surface area contributed by atoms with Crippen molar-refractivity contribution in [3.05, 3.63) is 29.6 Å². The van der Waals surface area contributed by atoms with E-state index < -0.39 is 0 Å². The zero-order chi connectivity index (χ0) is 8.81. The lowest BCUT2D eigenvalue weighted by molar-refractivity contribution is 1.25. The number of nitrogens with zero attached hydrogens (tertiary/aromatic N) is 1. The quantitative estimate of drug-likeness (QED) is 0.465. The Morgan fingerprint density at radius 2 is 1.92 bits per heavy atom. The molecule has 1 heterocycles. The number of pyridine rings is 1. The van der Waals surface area contributed by atoms with Crippen molar-refractivity contribution >= 4 is 12.6 Å². The molecule has 1 rings (SSSR count). The van der Waals surface area contributed by atoms with E-state index in [1.54, 1.807) is 6.92 Å². The summed E-state index contributed by atoms with van der Waals surface area (Å²) in [6.07, 6.45) is 0. The minimum Gasteiger partial charge on any atom is -0.231 e. The maximum absolute atomic E-state index is 4.16. The molecule has 1 aromatic heterocycles. The lowest BCUT2D eigenvalue weighted by Crippen LogP contribution is -1.85. The van der Waals surface area contributed by atoms with Gasteiger partial charge in [-0.1, -0.05) is 24.6 Å². The Labute approximate surface area is 77.6 Å². The van der Waals surface area contributed by atoms with E-state index >= 15 is 0 Å². The van der Waals surface area contributed by atoms with Crippen LogP contribution in [0.3, 0.4) is 0 Å². The molecule has 12 heavy (non-hydrogen) atoms. The van der Waals surface area contributed by atoms with Gasteiger partial charge in [0.2, 0.25) is 0 Å². The average Bonchev–Trinajstić information content (AvgIpc) is 2.06. The number of aromatic nitrogens is 1. The Balaban J connectivity index is 3.06. The van der Waals surface area contributed by atoms with Crippen LogP contribution in [0.1, 0.15) is 18.3 Å². The minimum absolute atomic E-state index is 0.699. The second-order valence-corrected chi connectivity index (χ2v) is 2.24. The summed E-state index contributed by atoms with van der Waals surface area (Å²) in [7, 11) is 0. The molecule has 0 radical (unpaired) electrons. The zero-order valence-corrected chi connectivity index (χ0v) is 7.52. The van der Waals surface area contributed by atoms with E-state index in [0.29, 0.717) is 5.69 Å². The van der Waals surface area contributed by atoms with Gasteiger partial charge in [-0.05, 0) is 36.1 Å². The van der Waals surface area contributed by atoms with Crippen molar-refractivity contribution in [3.8, 4) is 23.0 Å². The molecule has 1 nitrogen and oxygen atoms in total. The molecule has 0 aliphatic heterocycles. The van der Waals surface area contributed by atoms with E-state index in [9.17, 15) is 0 Å². The summed E-state index contributed by atoms with van der Waals surface area (Å²) in [5, 5.41) is 2.49. The lowest BCUT2D eigenvalue weighted by Gasteiger charge is -1.89. The predicted octanol–water partition coefficient (Wildman–Crippen LogP) is 1.69. The maximum Gasteiger partial charge on any atom is 0.115 e. The minimum atomic E-state index is 0.699. The lowest BCUT2D eigenvalue weighted by atomic mass is 10.3. The van der Waals surface area contributed by atoms with Gasteiger partial charge in [0.25, 0.3) is 0 Å². The molecule has 0 saturated carbocycles. The van der Waals surface area contributed by atoms with Crippen LogP contribution in [0.2, 0.25) is 0 Å². The smallest absolute Gasteiger partial charge is 0.115 e. The molecular weight excluding hydrogens is 166 g/mol. The van der Waals surface area contributed by atoms with Crippen LogP contribution in [0.15, 0.2) is 18.2 Å². The Bertz CT molecular complexity index is 352. The van der Waals surface area contributed by atoms with E-state index in [4.69, 9.17) is 0 Å². The van der Waals surface area contributed by atoms with Gasteiger partial charge in [0.15, 0.2) is 0 Å². The molecule has 58 valence electrons. The largest absolute Gasteiger partial charge is 0.231 e. The molecule has 1 aromatic rings. The predicted molar refractivity (Wildman–Crippen MR) is 52.7 cm³/mol. The highest BCUT2D eigenvalue weighted by molar-refractivity contribution is 7.85. The Morgan fingerprint density at radius 1 is 1.25 bits per heavy atom. The fourth-order valence-corrected chi connectivity index (χ4v) is 0.874. The third-order valence-corrected chi connectivity index (χ3v) is 1.30. The van der Waals surface area contributed by atoms with Gasteiger partial charge in [-0.25, -0.2) is 4.98 Å². The van der Waals surface area contributed by atoms with Gasteiger partial charge in [-0.2, -0.15) is 0 Å². The highest BCUT2D eigenvalue weighted by Gasteiger charge is 1.89. The first-order valence-electron chi connectivity index (χ1n) is 3.41. The third kappa shape index (κ3) is 2.34. The second-order valence-electron chi connectivity index (χ2n) is 2.02. The molecule has 0 amide bonds. The number of thiol groups is 1. The van der Waals surface area contributed by atoms with Crippen molar-refractivity contribution < 1.29 is 0 Å². The normalized spacial score (nSPS) is 7.50. The van der Waals surface area contributed by atoms with Crippen LogP contribution in [0, 0.1) is 23.0 Å². The Kier molecular flexibility index (Phi) is 3.26. The fourth-order valence-electron chi connectivity index (χ4n) is 0.759. The van der Waals surface area contributed by atoms with Gasteiger partial charge in [0, 0.05) is 0 Å². The summed E-state index contributed by atoms with van der Waals surface area (Å²) in [6.45, 7) is 1.78. The molecule has 0 aromatic carbocycles. The Hall–Kier alpha value is -1.38.